The van der Waals surface area contributed by atoms with Crippen LogP contribution in [0.1, 0.15) is 373 Å². The summed E-state index contributed by atoms with van der Waals surface area (Å²) < 4.78 is 11.2. The van der Waals surface area contributed by atoms with Crippen LogP contribution >= 0.6 is 0 Å². The van der Waals surface area contributed by atoms with Crippen molar-refractivity contribution in [2.24, 2.45) is 0 Å². The summed E-state index contributed by atoms with van der Waals surface area (Å²) in [7, 11) is 0. The quantitative estimate of drug-likeness (QED) is 0.0215. The molecule has 11 heteroatoms. The van der Waals surface area contributed by atoms with E-state index >= 15 is 0 Å². The fraction of sp³-hybridized carbons (Fsp3) is 0.932. The zero-order valence-electron chi connectivity index (χ0n) is 55.9. The molecule has 9 atom stereocenters. The van der Waals surface area contributed by atoms with Gasteiger partial charge in [-0.1, -0.05) is 334 Å². The van der Waals surface area contributed by atoms with Gasteiger partial charge in [-0.2, -0.15) is 0 Å². The Morgan fingerprint density at radius 3 is 1.01 bits per heavy atom. The van der Waals surface area contributed by atoms with Crippen molar-refractivity contribution in [2.75, 3.05) is 13.2 Å². The van der Waals surface area contributed by atoms with Crippen LogP contribution in [0.25, 0.3) is 0 Å². The number of carbonyl (C=O) groups is 1. The highest BCUT2D eigenvalue weighted by Gasteiger charge is 2.44. The Morgan fingerprint density at radius 2 is 0.694 bits per heavy atom. The molecule has 1 aliphatic heterocycles. The van der Waals surface area contributed by atoms with E-state index in [0.717, 1.165) is 38.5 Å². The second-order valence-corrected chi connectivity index (χ2v) is 26.4. The van der Waals surface area contributed by atoms with Crippen LogP contribution in [0.4, 0.5) is 0 Å². The van der Waals surface area contributed by atoms with E-state index in [4.69, 9.17) is 9.47 Å². The summed E-state index contributed by atoms with van der Waals surface area (Å²) in [4.78, 5) is 13.3. The number of aliphatic hydroxyl groups is 7. The van der Waals surface area contributed by atoms with Crippen molar-refractivity contribution in [1.29, 1.82) is 0 Å². The lowest BCUT2D eigenvalue weighted by molar-refractivity contribution is -0.303. The van der Waals surface area contributed by atoms with E-state index in [1.54, 1.807) is 0 Å². The van der Waals surface area contributed by atoms with Gasteiger partial charge in [-0.15, -0.1) is 0 Å². The molecule has 1 rings (SSSR count). The Balaban J connectivity index is 2.18. The monoisotopic (exact) mass is 1210 g/mol. The number of ether oxygens (including phenoxy) is 2. The number of amides is 1. The molecular weight excluding hydrogens is 1060 g/mol. The SMILES string of the molecule is CCCCCCCCCCCCCC/C=C\CCCCCCCCCCCCCCCCC(O)C(=O)NC(COC1OC(CO)C(O)C(O)C1O)C(O)C(O)CCC/C=C/CCCCCCCCCCCCCCCCCCCCCCCCC. The molecule has 0 radical (unpaired) electrons. The van der Waals surface area contributed by atoms with Gasteiger partial charge in [-0.05, 0) is 64.2 Å². The van der Waals surface area contributed by atoms with Gasteiger partial charge in [0, 0.05) is 0 Å². The summed E-state index contributed by atoms with van der Waals surface area (Å²) in [6, 6.07) is -1.19. The zero-order chi connectivity index (χ0) is 61.7. The minimum absolute atomic E-state index is 0.257. The van der Waals surface area contributed by atoms with Crippen LogP contribution in [0, 0.1) is 0 Å². The van der Waals surface area contributed by atoms with E-state index in [1.165, 1.54) is 295 Å². The summed E-state index contributed by atoms with van der Waals surface area (Å²) in [5.41, 5.74) is 0. The van der Waals surface area contributed by atoms with Crippen molar-refractivity contribution in [2.45, 2.75) is 428 Å². The van der Waals surface area contributed by atoms with Crippen LogP contribution in [0.15, 0.2) is 24.3 Å². The van der Waals surface area contributed by atoms with E-state index in [-0.39, 0.29) is 12.8 Å². The van der Waals surface area contributed by atoms with E-state index in [2.05, 4.69) is 43.5 Å². The molecule has 11 nitrogen and oxygen atoms in total. The van der Waals surface area contributed by atoms with E-state index < -0.39 is 74.2 Å². The van der Waals surface area contributed by atoms with Gasteiger partial charge in [0.1, 0.15) is 36.6 Å². The Labute approximate surface area is 524 Å². The number of hydrogen-bond donors (Lipinski definition) is 8. The van der Waals surface area contributed by atoms with Crippen molar-refractivity contribution in [3.63, 3.8) is 0 Å². The van der Waals surface area contributed by atoms with Crippen molar-refractivity contribution in [1.82, 2.24) is 5.32 Å². The third-order valence-corrected chi connectivity index (χ3v) is 18.2. The van der Waals surface area contributed by atoms with E-state index in [0.29, 0.717) is 12.8 Å². The highest BCUT2D eigenvalue weighted by atomic mass is 16.7. The number of rotatable bonds is 66. The van der Waals surface area contributed by atoms with Gasteiger partial charge in [-0.3, -0.25) is 4.79 Å². The lowest BCUT2D eigenvalue weighted by Crippen LogP contribution is -2.60. The Bertz CT molecular complexity index is 1430. The average molecular weight is 1210 g/mol. The molecule has 9 unspecified atom stereocenters. The summed E-state index contributed by atoms with van der Waals surface area (Å²) in [6.07, 6.45) is 68.5. The van der Waals surface area contributed by atoms with Crippen LogP contribution < -0.4 is 5.32 Å². The number of carbonyl (C=O) groups excluding carboxylic acids is 1. The standard InChI is InChI=1S/C74H143NO10/c1-3-5-7-9-11-13-15-17-19-21-23-25-27-29-31-33-34-36-38-40-42-44-46-48-50-52-54-56-58-60-62-67(78)73(83)75-65(64-84-74-72(82)71(81)70(80)68(63-76)85-74)69(79)66(77)61-59-57-55-53-51-49-47-45-43-41-39-37-35-32-30-28-26-24-22-20-18-16-14-12-10-8-6-4-2/h29,31,53,55,65-72,74,76-82H,3-28,30,32-52,54,56-64H2,1-2H3,(H,75,83)/b31-29-,55-53+. The van der Waals surface area contributed by atoms with Crippen molar-refractivity contribution in [3.05, 3.63) is 24.3 Å². The lowest BCUT2D eigenvalue weighted by atomic mass is 9.98. The molecule has 0 spiro atoms. The predicted octanol–water partition coefficient (Wildman–Crippen LogP) is 18.4. The molecule has 85 heavy (non-hydrogen) atoms. The van der Waals surface area contributed by atoms with Crippen LogP contribution in [0.3, 0.4) is 0 Å². The molecular formula is C74H143NO10. The Morgan fingerprint density at radius 1 is 0.400 bits per heavy atom. The van der Waals surface area contributed by atoms with Gasteiger partial charge in [-0.25, -0.2) is 0 Å². The molecule has 1 amide bonds. The second kappa shape index (κ2) is 62.8. The maximum atomic E-state index is 13.3. The molecule has 0 bridgehead atoms. The number of aliphatic hydroxyl groups excluding tert-OH is 7. The topological polar surface area (TPSA) is 189 Å². The maximum absolute atomic E-state index is 13.3. The molecule has 1 fully saturated rings. The van der Waals surface area contributed by atoms with Gasteiger partial charge in [0.05, 0.1) is 25.4 Å². The average Bonchev–Trinajstić information content (AvgIpc) is 3.51. The molecule has 504 valence electrons. The summed E-state index contributed by atoms with van der Waals surface area (Å²) >= 11 is 0. The predicted molar refractivity (Wildman–Crippen MR) is 358 cm³/mol. The Kier molecular flexibility index (Phi) is 60.3. The molecule has 0 aliphatic carbocycles. The molecule has 0 aromatic carbocycles. The molecule has 0 saturated carbocycles. The molecule has 0 aromatic heterocycles. The van der Waals surface area contributed by atoms with Crippen molar-refractivity contribution >= 4 is 5.91 Å². The summed E-state index contributed by atoms with van der Waals surface area (Å²) in [5, 5.41) is 76.6. The summed E-state index contributed by atoms with van der Waals surface area (Å²) in [6.45, 7) is 3.51. The third-order valence-electron chi connectivity index (χ3n) is 18.2. The summed E-state index contributed by atoms with van der Waals surface area (Å²) in [5.74, 6) is -0.699. The van der Waals surface area contributed by atoms with Gasteiger partial charge >= 0.3 is 0 Å². The third kappa shape index (κ3) is 50.0. The van der Waals surface area contributed by atoms with E-state index in [1.807, 2.05) is 0 Å². The zero-order valence-corrected chi connectivity index (χ0v) is 55.9. The molecule has 0 aromatic rings. The maximum Gasteiger partial charge on any atom is 0.249 e. The minimum Gasteiger partial charge on any atom is -0.394 e. The number of unbranched alkanes of at least 4 members (excludes halogenated alkanes) is 50. The van der Waals surface area contributed by atoms with Crippen LogP contribution in [-0.4, -0.2) is 110 Å². The first kappa shape index (κ1) is 81.6. The first-order chi connectivity index (χ1) is 41.7. The second-order valence-electron chi connectivity index (χ2n) is 26.4. The molecule has 8 N–H and O–H groups in total. The molecule has 1 heterocycles. The minimum atomic E-state index is -1.67. The number of nitrogens with one attached hydrogen (secondary N) is 1. The fourth-order valence-electron chi connectivity index (χ4n) is 12.3. The van der Waals surface area contributed by atoms with Crippen LogP contribution in [0.2, 0.25) is 0 Å². The molecule has 1 aliphatic rings. The largest absolute Gasteiger partial charge is 0.394 e. The highest BCUT2D eigenvalue weighted by Crippen LogP contribution is 2.24. The van der Waals surface area contributed by atoms with Crippen molar-refractivity contribution < 1.29 is 50.0 Å². The van der Waals surface area contributed by atoms with Gasteiger partial charge < -0.3 is 50.5 Å². The van der Waals surface area contributed by atoms with Crippen LogP contribution in [0.5, 0.6) is 0 Å². The van der Waals surface area contributed by atoms with Crippen molar-refractivity contribution in [3.8, 4) is 0 Å². The highest BCUT2D eigenvalue weighted by molar-refractivity contribution is 5.80. The fourth-order valence-corrected chi connectivity index (χ4v) is 12.3. The van der Waals surface area contributed by atoms with Crippen LogP contribution in [-0.2, 0) is 14.3 Å². The number of allylic oxidation sites excluding steroid dienone is 4. The number of hydrogen-bond acceptors (Lipinski definition) is 10. The molecule has 1 saturated heterocycles. The first-order valence-corrected chi connectivity index (χ1v) is 37.2. The first-order valence-electron chi connectivity index (χ1n) is 37.2. The Hall–Kier alpha value is -1.41. The van der Waals surface area contributed by atoms with E-state index in [9.17, 15) is 40.5 Å². The smallest absolute Gasteiger partial charge is 0.249 e. The van der Waals surface area contributed by atoms with Gasteiger partial charge in [0.15, 0.2) is 6.29 Å². The lowest BCUT2D eigenvalue weighted by Gasteiger charge is -2.40. The van der Waals surface area contributed by atoms with Gasteiger partial charge in [0.2, 0.25) is 5.91 Å². The van der Waals surface area contributed by atoms with Gasteiger partial charge in [0.25, 0.3) is 0 Å². The normalized spacial score (nSPS) is 18.9.